The molecule has 1 atom stereocenters. The van der Waals surface area contributed by atoms with Crippen LogP contribution in [0.25, 0.3) is 10.8 Å². The second kappa shape index (κ2) is 5.69. The molecule has 0 saturated heterocycles. The van der Waals surface area contributed by atoms with E-state index in [1.165, 1.54) is 0 Å². The number of rotatable bonds is 5. The maximum absolute atomic E-state index is 5.71. The van der Waals surface area contributed by atoms with Crippen molar-refractivity contribution in [1.29, 1.82) is 0 Å². The predicted molar refractivity (Wildman–Crippen MR) is 75.1 cm³/mol. The molecule has 0 radical (unpaired) electrons. The molecule has 0 aliphatic carbocycles. The average molecular weight is 245 g/mol. The highest BCUT2D eigenvalue weighted by molar-refractivity contribution is 5.92. The Hall–Kier alpha value is -1.81. The molecule has 0 saturated carbocycles. The molecule has 0 amide bonds. The number of hydrogen-bond acceptors (Lipinski definition) is 4. The number of nitrogens with zero attached hydrogens (tertiary/aromatic N) is 1. The van der Waals surface area contributed by atoms with Gasteiger partial charge in [0.05, 0.1) is 7.11 Å². The van der Waals surface area contributed by atoms with Gasteiger partial charge in [-0.2, -0.15) is 0 Å². The van der Waals surface area contributed by atoms with Gasteiger partial charge in [0.15, 0.2) is 0 Å². The number of hydrogen-bond donors (Lipinski definition) is 2. The van der Waals surface area contributed by atoms with Crippen LogP contribution >= 0.6 is 0 Å². The minimum Gasteiger partial charge on any atom is -0.497 e. The molecule has 1 aromatic heterocycles. The van der Waals surface area contributed by atoms with Crippen molar-refractivity contribution in [3.63, 3.8) is 0 Å². The summed E-state index contributed by atoms with van der Waals surface area (Å²) in [5, 5.41) is 5.58. The molecule has 18 heavy (non-hydrogen) atoms. The van der Waals surface area contributed by atoms with Crippen molar-refractivity contribution >= 4 is 16.6 Å². The van der Waals surface area contributed by atoms with Gasteiger partial charge in [-0.15, -0.1) is 0 Å². The normalized spacial score (nSPS) is 12.4. The van der Waals surface area contributed by atoms with Crippen LogP contribution in [-0.4, -0.2) is 24.7 Å². The lowest BCUT2D eigenvalue weighted by molar-refractivity contribution is 0.415. The Bertz CT molecular complexity index is 523. The Morgan fingerprint density at radius 3 is 2.89 bits per heavy atom. The van der Waals surface area contributed by atoms with Crippen LogP contribution in [0.4, 0.5) is 5.82 Å². The van der Waals surface area contributed by atoms with E-state index in [1.807, 2.05) is 24.3 Å². The Morgan fingerprint density at radius 1 is 1.39 bits per heavy atom. The summed E-state index contributed by atoms with van der Waals surface area (Å²) in [5.74, 6) is 1.73. The predicted octanol–water partition coefficient (Wildman–Crippen LogP) is 2.39. The van der Waals surface area contributed by atoms with E-state index in [9.17, 15) is 0 Å². The van der Waals surface area contributed by atoms with Crippen LogP contribution < -0.4 is 15.8 Å². The van der Waals surface area contributed by atoms with Gasteiger partial charge in [-0.25, -0.2) is 4.98 Å². The van der Waals surface area contributed by atoms with E-state index < -0.39 is 0 Å². The third kappa shape index (κ3) is 2.54. The van der Waals surface area contributed by atoms with Gasteiger partial charge < -0.3 is 15.8 Å². The minimum absolute atomic E-state index is 0.255. The van der Waals surface area contributed by atoms with E-state index in [0.717, 1.165) is 28.8 Å². The van der Waals surface area contributed by atoms with E-state index >= 15 is 0 Å². The Balaban J connectivity index is 2.39. The van der Waals surface area contributed by atoms with Crippen LogP contribution in [0.1, 0.15) is 13.3 Å². The van der Waals surface area contributed by atoms with E-state index in [2.05, 4.69) is 17.2 Å². The van der Waals surface area contributed by atoms with Crippen molar-refractivity contribution in [2.24, 2.45) is 5.73 Å². The van der Waals surface area contributed by atoms with Gasteiger partial charge in [-0.3, -0.25) is 0 Å². The second-order valence-electron chi connectivity index (χ2n) is 4.23. The third-order valence-corrected chi connectivity index (χ3v) is 3.09. The SMILES string of the molecule is CCC(CN)Nc1nccc2cc(OC)ccc12. The Kier molecular flexibility index (Phi) is 3.99. The molecular formula is C14H19N3O. The maximum atomic E-state index is 5.71. The molecule has 1 heterocycles. The lowest BCUT2D eigenvalue weighted by Gasteiger charge is -2.16. The molecule has 0 aliphatic heterocycles. The number of aromatic nitrogens is 1. The zero-order chi connectivity index (χ0) is 13.0. The molecular weight excluding hydrogens is 226 g/mol. The summed E-state index contributed by atoms with van der Waals surface area (Å²) in [6.07, 6.45) is 2.78. The lowest BCUT2D eigenvalue weighted by Crippen LogP contribution is -2.28. The van der Waals surface area contributed by atoms with Crippen molar-refractivity contribution in [2.45, 2.75) is 19.4 Å². The highest BCUT2D eigenvalue weighted by Gasteiger charge is 2.08. The lowest BCUT2D eigenvalue weighted by atomic mass is 10.1. The van der Waals surface area contributed by atoms with E-state index in [0.29, 0.717) is 6.54 Å². The summed E-state index contributed by atoms with van der Waals surface area (Å²) in [6, 6.07) is 8.20. The summed E-state index contributed by atoms with van der Waals surface area (Å²) in [6.45, 7) is 2.71. The second-order valence-corrected chi connectivity index (χ2v) is 4.23. The van der Waals surface area contributed by atoms with E-state index in [4.69, 9.17) is 10.5 Å². The van der Waals surface area contributed by atoms with Gasteiger partial charge in [-0.1, -0.05) is 6.92 Å². The number of benzene rings is 1. The van der Waals surface area contributed by atoms with E-state index in [1.54, 1.807) is 13.3 Å². The number of nitrogens with two attached hydrogens (primary N) is 1. The number of methoxy groups -OCH3 is 1. The van der Waals surface area contributed by atoms with Gasteiger partial charge in [0.25, 0.3) is 0 Å². The van der Waals surface area contributed by atoms with Gasteiger partial charge in [0.2, 0.25) is 0 Å². The van der Waals surface area contributed by atoms with Crippen molar-refractivity contribution in [3.8, 4) is 5.75 Å². The Morgan fingerprint density at radius 2 is 2.22 bits per heavy atom. The standard InChI is InChI=1S/C14H19N3O/c1-3-11(9-15)17-14-13-5-4-12(18-2)8-10(13)6-7-16-14/h4-8,11H,3,9,15H2,1-2H3,(H,16,17). The number of pyridine rings is 1. The monoisotopic (exact) mass is 245 g/mol. The Labute approximate surface area is 107 Å². The summed E-state index contributed by atoms with van der Waals surface area (Å²) < 4.78 is 5.22. The van der Waals surface area contributed by atoms with Crippen LogP contribution in [0.15, 0.2) is 30.5 Å². The molecule has 4 heteroatoms. The smallest absolute Gasteiger partial charge is 0.134 e. The molecule has 2 aromatic rings. The molecule has 1 aromatic carbocycles. The molecule has 0 spiro atoms. The van der Waals surface area contributed by atoms with Crippen LogP contribution in [0, 0.1) is 0 Å². The van der Waals surface area contributed by atoms with Crippen LogP contribution in [0.5, 0.6) is 5.75 Å². The fourth-order valence-electron chi connectivity index (χ4n) is 1.92. The molecule has 0 fully saturated rings. The molecule has 4 nitrogen and oxygen atoms in total. The minimum atomic E-state index is 0.255. The first kappa shape index (κ1) is 12.6. The van der Waals surface area contributed by atoms with Crippen molar-refractivity contribution < 1.29 is 4.74 Å². The molecule has 0 bridgehead atoms. The highest BCUT2D eigenvalue weighted by Crippen LogP contribution is 2.25. The fourth-order valence-corrected chi connectivity index (χ4v) is 1.92. The first-order valence-electron chi connectivity index (χ1n) is 6.17. The molecule has 3 N–H and O–H groups in total. The number of anilines is 1. The van der Waals surface area contributed by atoms with Crippen LogP contribution in [0.3, 0.4) is 0 Å². The van der Waals surface area contributed by atoms with Crippen molar-refractivity contribution in [3.05, 3.63) is 30.5 Å². The fraction of sp³-hybridized carbons (Fsp3) is 0.357. The summed E-state index contributed by atoms with van der Waals surface area (Å²) in [7, 11) is 1.67. The molecule has 96 valence electrons. The summed E-state index contributed by atoms with van der Waals surface area (Å²) in [4.78, 5) is 4.39. The maximum Gasteiger partial charge on any atom is 0.134 e. The number of ether oxygens (including phenoxy) is 1. The highest BCUT2D eigenvalue weighted by atomic mass is 16.5. The van der Waals surface area contributed by atoms with Crippen LogP contribution in [-0.2, 0) is 0 Å². The average Bonchev–Trinajstić information content (AvgIpc) is 2.44. The first-order valence-corrected chi connectivity index (χ1v) is 6.17. The van der Waals surface area contributed by atoms with Crippen molar-refractivity contribution in [2.75, 3.05) is 19.0 Å². The molecule has 0 aliphatic rings. The summed E-state index contributed by atoms with van der Waals surface area (Å²) >= 11 is 0. The quantitative estimate of drug-likeness (QED) is 0.849. The molecule has 2 rings (SSSR count). The van der Waals surface area contributed by atoms with Gasteiger partial charge in [-0.05, 0) is 36.1 Å². The first-order chi connectivity index (χ1) is 8.78. The summed E-state index contributed by atoms with van der Waals surface area (Å²) in [5.41, 5.74) is 5.71. The molecule has 1 unspecified atom stereocenters. The van der Waals surface area contributed by atoms with Crippen molar-refractivity contribution in [1.82, 2.24) is 4.98 Å². The zero-order valence-electron chi connectivity index (χ0n) is 10.8. The largest absolute Gasteiger partial charge is 0.497 e. The van der Waals surface area contributed by atoms with Gasteiger partial charge in [0.1, 0.15) is 11.6 Å². The number of nitrogens with one attached hydrogen (secondary N) is 1. The zero-order valence-corrected chi connectivity index (χ0v) is 10.8. The topological polar surface area (TPSA) is 60.2 Å². The van der Waals surface area contributed by atoms with Crippen LogP contribution in [0.2, 0.25) is 0 Å². The number of fused-ring (bicyclic) bond motifs is 1. The third-order valence-electron chi connectivity index (χ3n) is 3.09. The van der Waals surface area contributed by atoms with E-state index in [-0.39, 0.29) is 6.04 Å². The van der Waals surface area contributed by atoms with Gasteiger partial charge >= 0.3 is 0 Å². The van der Waals surface area contributed by atoms with Gasteiger partial charge in [0, 0.05) is 24.2 Å².